The Morgan fingerprint density at radius 2 is 1.88 bits per heavy atom. The average molecular weight is 348 g/mol. The maximum atomic E-state index is 12.1. The molecule has 0 aliphatic heterocycles. The van der Waals surface area contributed by atoms with Gasteiger partial charge in [-0.25, -0.2) is 0 Å². The summed E-state index contributed by atoms with van der Waals surface area (Å²) in [6.45, 7) is 3.73. The van der Waals surface area contributed by atoms with E-state index in [9.17, 15) is 23.1 Å². The highest BCUT2D eigenvalue weighted by atomic mass is 19.4. The Balaban J connectivity index is 2.54. The van der Waals surface area contributed by atoms with Gasteiger partial charge >= 0.3 is 6.36 Å². The SMILES string of the molecule is CC(C)[C@H](N)C(=O)NCC(CO)Cc1ccc(OC(F)(F)F)cc1. The highest BCUT2D eigenvalue weighted by Gasteiger charge is 2.31. The first-order valence-electron chi connectivity index (χ1n) is 7.61. The Hall–Kier alpha value is -1.80. The molecule has 0 bridgehead atoms. The monoisotopic (exact) mass is 348 g/mol. The molecule has 0 aliphatic rings. The predicted molar refractivity (Wildman–Crippen MR) is 83.2 cm³/mol. The summed E-state index contributed by atoms with van der Waals surface area (Å²) in [7, 11) is 0. The molecule has 1 unspecified atom stereocenters. The van der Waals surface area contributed by atoms with Gasteiger partial charge < -0.3 is 20.9 Å². The number of ether oxygens (including phenoxy) is 1. The highest BCUT2D eigenvalue weighted by molar-refractivity contribution is 5.81. The van der Waals surface area contributed by atoms with Crippen LogP contribution in [0.1, 0.15) is 19.4 Å². The minimum atomic E-state index is -4.73. The molecule has 24 heavy (non-hydrogen) atoms. The molecule has 0 radical (unpaired) electrons. The van der Waals surface area contributed by atoms with Crippen molar-refractivity contribution < 1.29 is 27.8 Å². The van der Waals surface area contributed by atoms with Crippen LogP contribution in [0.4, 0.5) is 13.2 Å². The third kappa shape index (κ3) is 7.18. The van der Waals surface area contributed by atoms with Gasteiger partial charge in [0.15, 0.2) is 0 Å². The molecule has 0 fully saturated rings. The van der Waals surface area contributed by atoms with Crippen molar-refractivity contribution in [3.63, 3.8) is 0 Å². The first-order valence-corrected chi connectivity index (χ1v) is 7.61. The van der Waals surface area contributed by atoms with E-state index in [1.54, 1.807) is 0 Å². The molecule has 2 atom stereocenters. The zero-order chi connectivity index (χ0) is 18.3. The fraction of sp³-hybridized carbons (Fsp3) is 0.562. The largest absolute Gasteiger partial charge is 0.573 e. The van der Waals surface area contributed by atoms with Gasteiger partial charge in [0, 0.05) is 19.1 Å². The van der Waals surface area contributed by atoms with Crippen molar-refractivity contribution in [1.82, 2.24) is 5.32 Å². The van der Waals surface area contributed by atoms with Crippen molar-refractivity contribution in [1.29, 1.82) is 0 Å². The number of halogens is 3. The number of hydrogen-bond donors (Lipinski definition) is 3. The lowest BCUT2D eigenvalue weighted by Crippen LogP contribution is -2.45. The Morgan fingerprint density at radius 1 is 1.29 bits per heavy atom. The Morgan fingerprint density at radius 3 is 2.33 bits per heavy atom. The van der Waals surface area contributed by atoms with Gasteiger partial charge in [0.2, 0.25) is 5.91 Å². The van der Waals surface area contributed by atoms with E-state index in [1.165, 1.54) is 24.3 Å². The molecule has 0 saturated carbocycles. The molecule has 1 amide bonds. The van der Waals surface area contributed by atoms with Gasteiger partial charge in [0.05, 0.1) is 6.04 Å². The molecule has 1 aromatic rings. The van der Waals surface area contributed by atoms with Crippen molar-refractivity contribution in [3.8, 4) is 5.75 Å². The number of hydrogen-bond acceptors (Lipinski definition) is 4. The van der Waals surface area contributed by atoms with Crippen LogP contribution >= 0.6 is 0 Å². The molecular weight excluding hydrogens is 325 g/mol. The zero-order valence-electron chi connectivity index (χ0n) is 13.6. The summed E-state index contributed by atoms with van der Waals surface area (Å²) in [5.41, 5.74) is 6.45. The molecule has 5 nitrogen and oxygen atoms in total. The van der Waals surface area contributed by atoms with Crippen molar-refractivity contribution in [3.05, 3.63) is 29.8 Å². The number of aliphatic hydroxyl groups excluding tert-OH is 1. The summed E-state index contributed by atoms with van der Waals surface area (Å²) in [6.07, 6.45) is -4.32. The fourth-order valence-corrected chi connectivity index (χ4v) is 2.03. The van der Waals surface area contributed by atoms with E-state index in [-0.39, 0.29) is 36.6 Å². The van der Waals surface area contributed by atoms with E-state index in [0.717, 1.165) is 5.56 Å². The second kappa shape index (κ2) is 8.89. The minimum absolute atomic E-state index is 0.00115. The van der Waals surface area contributed by atoms with E-state index >= 15 is 0 Å². The first-order chi connectivity index (χ1) is 11.1. The molecule has 0 spiro atoms. The van der Waals surface area contributed by atoms with Gasteiger partial charge in [-0.05, 0) is 30.0 Å². The molecule has 0 heterocycles. The summed E-state index contributed by atoms with van der Waals surface area (Å²) < 4.78 is 40.1. The third-order valence-electron chi connectivity index (χ3n) is 3.53. The van der Waals surface area contributed by atoms with E-state index in [2.05, 4.69) is 10.1 Å². The second-order valence-corrected chi connectivity index (χ2v) is 5.96. The van der Waals surface area contributed by atoms with E-state index in [1.807, 2.05) is 13.8 Å². The number of carbonyl (C=O) groups excluding carboxylic acids is 1. The molecule has 0 saturated heterocycles. The highest BCUT2D eigenvalue weighted by Crippen LogP contribution is 2.23. The lowest BCUT2D eigenvalue weighted by atomic mass is 9.99. The second-order valence-electron chi connectivity index (χ2n) is 5.96. The lowest BCUT2D eigenvalue weighted by Gasteiger charge is -2.19. The average Bonchev–Trinajstić information content (AvgIpc) is 2.50. The summed E-state index contributed by atoms with van der Waals surface area (Å²) in [5, 5.41) is 12.1. The standard InChI is InChI=1S/C16H23F3N2O3/c1-10(2)14(20)15(23)21-8-12(9-22)7-11-3-5-13(6-4-11)24-16(17,18)19/h3-6,10,12,14,22H,7-9,20H2,1-2H3,(H,21,23)/t12?,14-/m0/s1. The molecular formula is C16H23F3N2O3. The Bertz CT molecular complexity index is 518. The quantitative estimate of drug-likeness (QED) is 0.669. The maximum Gasteiger partial charge on any atom is 0.573 e. The predicted octanol–water partition coefficient (Wildman–Crippen LogP) is 1.84. The van der Waals surface area contributed by atoms with Gasteiger partial charge in [-0.1, -0.05) is 26.0 Å². The Labute approximate surface area is 139 Å². The van der Waals surface area contributed by atoms with Crippen LogP contribution in [0.5, 0.6) is 5.75 Å². The number of alkyl halides is 3. The number of rotatable bonds is 8. The first kappa shape index (κ1) is 20.2. The normalized spacial score (nSPS) is 14.3. The molecule has 0 aromatic heterocycles. The number of nitrogens with two attached hydrogens (primary N) is 1. The number of benzene rings is 1. The van der Waals surface area contributed by atoms with Crippen LogP contribution in [-0.2, 0) is 11.2 Å². The van der Waals surface area contributed by atoms with Gasteiger partial charge in [-0.2, -0.15) is 0 Å². The summed E-state index contributed by atoms with van der Waals surface area (Å²) in [5.74, 6) is -0.859. The fourth-order valence-electron chi connectivity index (χ4n) is 2.03. The van der Waals surface area contributed by atoms with E-state index < -0.39 is 12.4 Å². The van der Waals surface area contributed by atoms with E-state index in [4.69, 9.17) is 5.73 Å². The number of nitrogens with one attached hydrogen (secondary N) is 1. The van der Waals surface area contributed by atoms with Crippen LogP contribution in [0.3, 0.4) is 0 Å². The van der Waals surface area contributed by atoms with Crippen molar-refractivity contribution in [2.24, 2.45) is 17.6 Å². The van der Waals surface area contributed by atoms with Gasteiger partial charge in [0.1, 0.15) is 5.75 Å². The number of carbonyl (C=O) groups is 1. The van der Waals surface area contributed by atoms with Crippen LogP contribution in [0, 0.1) is 11.8 Å². The smallest absolute Gasteiger partial charge is 0.406 e. The third-order valence-corrected chi connectivity index (χ3v) is 3.53. The summed E-state index contributed by atoms with van der Waals surface area (Å²) in [4.78, 5) is 11.8. The van der Waals surface area contributed by atoms with Crippen LogP contribution in [0.2, 0.25) is 0 Å². The van der Waals surface area contributed by atoms with Gasteiger partial charge in [-0.15, -0.1) is 13.2 Å². The molecule has 1 rings (SSSR count). The van der Waals surface area contributed by atoms with Crippen molar-refractivity contribution in [2.75, 3.05) is 13.2 Å². The van der Waals surface area contributed by atoms with Gasteiger partial charge in [0.25, 0.3) is 0 Å². The molecule has 4 N–H and O–H groups in total. The maximum absolute atomic E-state index is 12.1. The summed E-state index contributed by atoms with van der Waals surface area (Å²) >= 11 is 0. The van der Waals surface area contributed by atoms with Crippen molar-refractivity contribution in [2.45, 2.75) is 32.7 Å². The van der Waals surface area contributed by atoms with Crippen LogP contribution < -0.4 is 15.8 Å². The molecule has 1 aromatic carbocycles. The van der Waals surface area contributed by atoms with Crippen molar-refractivity contribution >= 4 is 5.91 Å². The van der Waals surface area contributed by atoms with Crippen LogP contribution in [-0.4, -0.2) is 36.6 Å². The van der Waals surface area contributed by atoms with Crippen LogP contribution in [0.15, 0.2) is 24.3 Å². The summed E-state index contributed by atoms with van der Waals surface area (Å²) in [6, 6.07) is 4.79. The van der Waals surface area contributed by atoms with Crippen LogP contribution in [0.25, 0.3) is 0 Å². The lowest BCUT2D eigenvalue weighted by molar-refractivity contribution is -0.274. The zero-order valence-corrected chi connectivity index (χ0v) is 13.6. The number of aliphatic hydroxyl groups is 1. The molecule has 0 aliphatic carbocycles. The Kier molecular flexibility index (Phi) is 7.50. The topological polar surface area (TPSA) is 84.6 Å². The number of amides is 1. The molecule has 8 heteroatoms. The van der Waals surface area contributed by atoms with E-state index in [0.29, 0.717) is 6.42 Å². The molecule has 136 valence electrons. The minimum Gasteiger partial charge on any atom is -0.406 e. The van der Waals surface area contributed by atoms with Gasteiger partial charge in [-0.3, -0.25) is 4.79 Å².